The van der Waals surface area contributed by atoms with E-state index in [0.717, 1.165) is 11.1 Å². The van der Waals surface area contributed by atoms with Gasteiger partial charge in [0.1, 0.15) is 29.8 Å². The number of hydrogen-bond donors (Lipinski definition) is 2. The highest BCUT2D eigenvalue weighted by atomic mass is 16.6. The Hall–Kier alpha value is -3.88. The molecule has 0 aromatic heterocycles. The smallest absolute Gasteiger partial charge is 0.408 e. The predicted octanol–water partition coefficient (Wildman–Crippen LogP) is 4.09. The zero-order valence-electron chi connectivity index (χ0n) is 24.2. The Kier molecular flexibility index (Phi) is 10.7. The molecule has 2 atom stereocenters. The quantitative estimate of drug-likeness (QED) is 0.464. The number of aryl methyl sites for hydroxylation is 1. The maximum absolute atomic E-state index is 13.7. The fraction of sp³-hybridized carbons (Fsp3) is 0.467. The number of ether oxygens (including phenoxy) is 2. The van der Waals surface area contributed by atoms with Crippen molar-refractivity contribution in [3.05, 3.63) is 71.3 Å². The Morgan fingerprint density at radius 2 is 1.41 bits per heavy atom. The van der Waals surface area contributed by atoms with Gasteiger partial charge in [-0.2, -0.15) is 0 Å². The van der Waals surface area contributed by atoms with Gasteiger partial charge in [-0.1, -0.05) is 60.2 Å². The van der Waals surface area contributed by atoms with Crippen LogP contribution in [0.2, 0.25) is 0 Å². The lowest BCUT2D eigenvalue weighted by Crippen LogP contribution is -2.51. The standard InChI is InChI=1S/C30H41N3O6/c1-20-14-16-22(17-15-20)25(33(8)24(34)19-31-28(37)39-30(5,6)7)26(35)32-23(27(36)38-29(2,3)4)18-21-12-10-9-11-13-21/h9-17,23,25H,18-19H2,1-8H3,(H,31,37)(H,32,35). The molecule has 0 saturated carbocycles. The monoisotopic (exact) mass is 539 g/mol. The van der Waals surface area contributed by atoms with Gasteiger partial charge in [0, 0.05) is 13.5 Å². The van der Waals surface area contributed by atoms with E-state index in [-0.39, 0.29) is 13.0 Å². The normalized spacial score (nSPS) is 13.0. The number of rotatable bonds is 9. The minimum Gasteiger partial charge on any atom is -0.458 e. The Labute approximate surface area is 231 Å². The van der Waals surface area contributed by atoms with Crippen LogP contribution in [-0.4, -0.2) is 59.6 Å². The molecule has 2 rings (SSSR count). The lowest BCUT2D eigenvalue weighted by Gasteiger charge is -2.30. The number of likely N-dealkylation sites (N-methyl/N-ethyl adjacent to an activating group) is 1. The van der Waals surface area contributed by atoms with E-state index in [1.807, 2.05) is 49.4 Å². The highest BCUT2D eigenvalue weighted by molar-refractivity contribution is 5.92. The molecule has 0 spiro atoms. The van der Waals surface area contributed by atoms with Crippen LogP contribution in [0.15, 0.2) is 54.6 Å². The molecule has 9 nitrogen and oxygen atoms in total. The van der Waals surface area contributed by atoms with Crippen LogP contribution < -0.4 is 10.6 Å². The van der Waals surface area contributed by atoms with Crippen molar-refractivity contribution >= 4 is 23.9 Å². The number of alkyl carbamates (subject to hydrolysis) is 1. The first-order valence-electron chi connectivity index (χ1n) is 12.9. The van der Waals surface area contributed by atoms with Crippen LogP contribution in [0.25, 0.3) is 0 Å². The summed E-state index contributed by atoms with van der Waals surface area (Å²) in [4.78, 5) is 53.3. The summed E-state index contributed by atoms with van der Waals surface area (Å²) in [5, 5.41) is 5.25. The average molecular weight is 540 g/mol. The molecular weight excluding hydrogens is 498 g/mol. The van der Waals surface area contributed by atoms with Crippen LogP contribution in [0.4, 0.5) is 4.79 Å². The summed E-state index contributed by atoms with van der Waals surface area (Å²) in [5.41, 5.74) is 0.890. The van der Waals surface area contributed by atoms with Gasteiger partial charge in [-0.15, -0.1) is 0 Å². The molecule has 0 fully saturated rings. The Balaban J connectivity index is 2.31. The van der Waals surface area contributed by atoms with Crippen LogP contribution in [0, 0.1) is 6.92 Å². The predicted molar refractivity (Wildman–Crippen MR) is 149 cm³/mol. The maximum Gasteiger partial charge on any atom is 0.408 e. The first-order valence-corrected chi connectivity index (χ1v) is 12.9. The third kappa shape index (κ3) is 10.8. The fourth-order valence-electron chi connectivity index (χ4n) is 3.70. The highest BCUT2D eigenvalue weighted by Crippen LogP contribution is 2.22. The van der Waals surface area contributed by atoms with Crippen molar-refractivity contribution in [2.75, 3.05) is 13.6 Å². The lowest BCUT2D eigenvalue weighted by atomic mass is 10.0. The zero-order chi connectivity index (χ0) is 29.4. The van der Waals surface area contributed by atoms with E-state index in [1.165, 1.54) is 11.9 Å². The van der Waals surface area contributed by atoms with E-state index < -0.39 is 47.2 Å². The van der Waals surface area contributed by atoms with Gasteiger partial charge in [0.05, 0.1) is 0 Å². The second-order valence-corrected chi connectivity index (χ2v) is 11.5. The molecule has 0 bridgehead atoms. The number of nitrogens with one attached hydrogen (secondary N) is 2. The number of carbonyl (C=O) groups is 4. The van der Waals surface area contributed by atoms with Crippen LogP contribution >= 0.6 is 0 Å². The Morgan fingerprint density at radius 1 is 0.846 bits per heavy atom. The molecule has 0 saturated heterocycles. The van der Waals surface area contributed by atoms with E-state index in [0.29, 0.717) is 5.56 Å². The second kappa shape index (κ2) is 13.3. The molecule has 0 aliphatic rings. The van der Waals surface area contributed by atoms with Crippen LogP contribution in [0.1, 0.15) is 64.3 Å². The first-order chi connectivity index (χ1) is 18.1. The molecule has 2 unspecified atom stereocenters. The van der Waals surface area contributed by atoms with Gasteiger partial charge in [0.2, 0.25) is 11.8 Å². The van der Waals surface area contributed by atoms with Crippen molar-refractivity contribution in [3.8, 4) is 0 Å². The van der Waals surface area contributed by atoms with Gasteiger partial charge in [-0.05, 0) is 59.6 Å². The van der Waals surface area contributed by atoms with Crippen LogP contribution in [-0.2, 0) is 30.3 Å². The summed E-state index contributed by atoms with van der Waals surface area (Å²) >= 11 is 0. The fourth-order valence-corrected chi connectivity index (χ4v) is 3.70. The number of carbonyl (C=O) groups excluding carboxylic acids is 4. The van der Waals surface area contributed by atoms with Gasteiger partial charge in [0.25, 0.3) is 0 Å². The van der Waals surface area contributed by atoms with Gasteiger partial charge in [0.15, 0.2) is 0 Å². The summed E-state index contributed by atoms with van der Waals surface area (Å²) in [6.07, 6.45) is -0.534. The molecule has 2 N–H and O–H groups in total. The van der Waals surface area contributed by atoms with Crippen molar-refractivity contribution in [2.45, 2.75) is 78.2 Å². The van der Waals surface area contributed by atoms with E-state index in [4.69, 9.17) is 9.47 Å². The third-order valence-electron chi connectivity index (χ3n) is 5.50. The zero-order valence-corrected chi connectivity index (χ0v) is 24.2. The number of esters is 1. The molecular formula is C30H41N3O6. The molecule has 0 aliphatic carbocycles. The SMILES string of the molecule is Cc1ccc(C(C(=O)NC(Cc2ccccc2)C(=O)OC(C)(C)C)N(C)C(=O)CNC(=O)OC(C)(C)C)cc1. The van der Waals surface area contributed by atoms with Crippen molar-refractivity contribution in [1.82, 2.24) is 15.5 Å². The van der Waals surface area contributed by atoms with Crippen molar-refractivity contribution in [1.29, 1.82) is 0 Å². The molecule has 3 amide bonds. The Morgan fingerprint density at radius 3 is 1.95 bits per heavy atom. The van der Waals surface area contributed by atoms with E-state index in [9.17, 15) is 19.2 Å². The molecule has 0 heterocycles. The third-order valence-corrected chi connectivity index (χ3v) is 5.50. The number of nitrogens with zero attached hydrogens (tertiary/aromatic N) is 1. The number of benzene rings is 2. The Bertz CT molecular complexity index is 1130. The molecule has 0 radical (unpaired) electrons. The molecule has 2 aromatic carbocycles. The molecule has 9 heteroatoms. The summed E-state index contributed by atoms with van der Waals surface area (Å²) in [7, 11) is 1.48. The summed E-state index contributed by atoms with van der Waals surface area (Å²) < 4.78 is 10.8. The van der Waals surface area contributed by atoms with E-state index in [2.05, 4.69) is 10.6 Å². The maximum atomic E-state index is 13.7. The summed E-state index contributed by atoms with van der Waals surface area (Å²) in [6, 6.07) is 14.4. The van der Waals surface area contributed by atoms with E-state index in [1.54, 1.807) is 53.7 Å². The van der Waals surface area contributed by atoms with Crippen LogP contribution in [0.5, 0.6) is 0 Å². The first kappa shape index (κ1) is 31.3. The van der Waals surface area contributed by atoms with Gasteiger partial charge >= 0.3 is 12.1 Å². The summed E-state index contributed by atoms with van der Waals surface area (Å²) in [5.74, 6) is -1.65. The molecule has 0 aliphatic heterocycles. The largest absolute Gasteiger partial charge is 0.458 e. The van der Waals surface area contributed by atoms with Crippen molar-refractivity contribution in [2.24, 2.45) is 0 Å². The molecule has 2 aromatic rings. The number of hydrogen-bond acceptors (Lipinski definition) is 6. The number of amides is 3. The summed E-state index contributed by atoms with van der Waals surface area (Å²) in [6.45, 7) is 12.0. The van der Waals surface area contributed by atoms with Gasteiger partial charge in [-0.25, -0.2) is 9.59 Å². The van der Waals surface area contributed by atoms with Crippen LogP contribution in [0.3, 0.4) is 0 Å². The second-order valence-electron chi connectivity index (χ2n) is 11.5. The van der Waals surface area contributed by atoms with E-state index >= 15 is 0 Å². The average Bonchev–Trinajstić information content (AvgIpc) is 2.82. The molecule has 212 valence electrons. The highest BCUT2D eigenvalue weighted by Gasteiger charge is 2.34. The van der Waals surface area contributed by atoms with Gasteiger partial charge < -0.3 is 25.0 Å². The van der Waals surface area contributed by atoms with Crippen molar-refractivity contribution < 1.29 is 28.7 Å². The topological polar surface area (TPSA) is 114 Å². The van der Waals surface area contributed by atoms with Crippen molar-refractivity contribution in [3.63, 3.8) is 0 Å². The minimum absolute atomic E-state index is 0.208. The minimum atomic E-state index is -1.07. The van der Waals surface area contributed by atoms with Gasteiger partial charge in [-0.3, -0.25) is 9.59 Å². The molecule has 39 heavy (non-hydrogen) atoms. The lowest BCUT2D eigenvalue weighted by molar-refractivity contribution is -0.159.